The van der Waals surface area contributed by atoms with Crippen molar-refractivity contribution in [3.8, 4) is 5.75 Å². The van der Waals surface area contributed by atoms with E-state index in [9.17, 15) is 0 Å². The fourth-order valence-electron chi connectivity index (χ4n) is 1.97. The fraction of sp³-hybridized carbons (Fsp3) is 0.545. The number of hydrogen-bond acceptors (Lipinski definition) is 3. The topological polar surface area (TPSA) is 34.1 Å². The lowest BCUT2D eigenvalue weighted by Gasteiger charge is -2.24. The van der Waals surface area contributed by atoms with Crippen molar-refractivity contribution in [3.05, 3.63) is 24.0 Å². The van der Waals surface area contributed by atoms with Crippen molar-refractivity contribution in [2.75, 3.05) is 13.7 Å². The minimum Gasteiger partial charge on any atom is -0.495 e. The van der Waals surface area contributed by atoms with Crippen LogP contribution in [-0.4, -0.2) is 18.6 Å². The molecule has 1 unspecified atom stereocenters. The average molecular weight is 192 g/mol. The third kappa shape index (κ3) is 1.60. The van der Waals surface area contributed by atoms with E-state index in [1.54, 1.807) is 13.3 Å². The third-order valence-corrected chi connectivity index (χ3v) is 2.95. The number of pyridine rings is 1. The van der Waals surface area contributed by atoms with E-state index < -0.39 is 0 Å². The Hall–Kier alpha value is -1.09. The van der Waals surface area contributed by atoms with Gasteiger partial charge in [-0.3, -0.25) is 4.98 Å². The van der Waals surface area contributed by atoms with Gasteiger partial charge in [0, 0.05) is 11.7 Å². The Morgan fingerprint density at radius 3 is 3.00 bits per heavy atom. The summed E-state index contributed by atoms with van der Waals surface area (Å²) in [4.78, 5) is 4.18. The first-order chi connectivity index (χ1) is 6.74. The van der Waals surface area contributed by atoms with E-state index in [0.29, 0.717) is 0 Å². The normalized spacial score (nSPS) is 26.4. The van der Waals surface area contributed by atoms with Crippen LogP contribution in [0.1, 0.15) is 25.3 Å². The summed E-state index contributed by atoms with van der Waals surface area (Å²) in [5, 5.41) is 3.51. The number of methoxy groups -OCH3 is 1. The van der Waals surface area contributed by atoms with E-state index in [0.717, 1.165) is 12.3 Å². The molecule has 1 N–H and O–H groups in total. The summed E-state index contributed by atoms with van der Waals surface area (Å²) in [6.45, 7) is 3.31. The van der Waals surface area contributed by atoms with Gasteiger partial charge in [-0.25, -0.2) is 0 Å². The number of rotatable bonds is 2. The third-order valence-electron chi connectivity index (χ3n) is 2.95. The van der Waals surface area contributed by atoms with Crippen LogP contribution in [0.3, 0.4) is 0 Å². The molecule has 0 radical (unpaired) electrons. The zero-order valence-corrected chi connectivity index (χ0v) is 8.71. The largest absolute Gasteiger partial charge is 0.495 e. The van der Waals surface area contributed by atoms with Crippen molar-refractivity contribution in [2.45, 2.75) is 25.3 Å². The van der Waals surface area contributed by atoms with Crippen molar-refractivity contribution in [3.63, 3.8) is 0 Å². The molecule has 0 aromatic carbocycles. The van der Waals surface area contributed by atoms with E-state index in [1.807, 2.05) is 6.20 Å². The second-order valence-electron chi connectivity index (χ2n) is 3.98. The first kappa shape index (κ1) is 9.46. The number of hydrogen-bond donors (Lipinski definition) is 1. The molecule has 2 rings (SSSR count). The molecule has 1 aliphatic rings. The average Bonchev–Trinajstić information content (AvgIpc) is 2.67. The molecule has 0 aliphatic carbocycles. The summed E-state index contributed by atoms with van der Waals surface area (Å²) in [6, 6.07) is 2.06. The molecule has 76 valence electrons. The summed E-state index contributed by atoms with van der Waals surface area (Å²) in [5.41, 5.74) is 1.30. The highest BCUT2D eigenvalue weighted by molar-refractivity contribution is 5.29. The molecule has 3 heteroatoms. The van der Waals surface area contributed by atoms with Crippen molar-refractivity contribution in [2.24, 2.45) is 0 Å². The molecule has 1 aromatic rings. The van der Waals surface area contributed by atoms with Crippen LogP contribution in [0.15, 0.2) is 18.5 Å². The Balaban J connectivity index is 2.30. The highest BCUT2D eigenvalue weighted by atomic mass is 16.5. The summed E-state index contributed by atoms with van der Waals surface area (Å²) in [6.07, 6.45) is 6.05. The van der Waals surface area contributed by atoms with Crippen LogP contribution in [0.5, 0.6) is 5.75 Å². The van der Waals surface area contributed by atoms with Gasteiger partial charge in [-0.15, -0.1) is 0 Å². The fourth-order valence-corrected chi connectivity index (χ4v) is 1.97. The molecule has 0 bridgehead atoms. The van der Waals surface area contributed by atoms with Gasteiger partial charge >= 0.3 is 0 Å². The Kier molecular flexibility index (Phi) is 2.42. The van der Waals surface area contributed by atoms with E-state index in [-0.39, 0.29) is 5.54 Å². The molecular formula is C11H16N2O. The molecule has 0 amide bonds. The van der Waals surface area contributed by atoms with Gasteiger partial charge in [-0.2, -0.15) is 0 Å². The highest BCUT2D eigenvalue weighted by Crippen LogP contribution is 2.31. The van der Waals surface area contributed by atoms with Gasteiger partial charge in [0.1, 0.15) is 5.75 Å². The SMILES string of the molecule is COc1cncc(C2(C)CCCN2)c1. The van der Waals surface area contributed by atoms with E-state index in [4.69, 9.17) is 4.74 Å². The van der Waals surface area contributed by atoms with Gasteiger partial charge in [0.2, 0.25) is 0 Å². The lowest BCUT2D eigenvalue weighted by atomic mass is 9.92. The van der Waals surface area contributed by atoms with Crippen molar-refractivity contribution in [1.82, 2.24) is 10.3 Å². The van der Waals surface area contributed by atoms with Crippen LogP contribution in [-0.2, 0) is 5.54 Å². The van der Waals surface area contributed by atoms with Crippen LogP contribution in [0.2, 0.25) is 0 Å². The summed E-state index contributed by atoms with van der Waals surface area (Å²) >= 11 is 0. The van der Waals surface area contributed by atoms with Gasteiger partial charge in [0.15, 0.2) is 0 Å². The Bertz CT molecular complexity index is 319. The van der Waals surface area contributed by atoms with Crippen molar-refractivity contribution >= 4 is 0 Å². The maximum atomic E-state index is 5.17. The summed E-state index contributed by atoms with van der Waals surface area (Å²) in [5.74, 6) is 0.831. The van der Waals surface area contributed by atoms with Gasteiger partial charge < -0.3 is 10.1 Å². The molecule has 0 saturated carbocycles. The number of ether oxygens (including phenoxy) is 1. The minimum absolute atomic E-state index is 0.0849. The molecule has 1 aliphatic heterocycles. The molecule has 3 nitrogen and oxygen atoms in total. The van der Waals surface area contributed by atoms with Gasteiger partial charge in [0.25, 0.3) is 0 Å². The van der Waals surface area contributed by atoms with E-state index >= 15 is 0 Å². The maximum absolute atomic E-state index is 5.17. The lowest BCUT2D eigenvalue weighted by molar-refractivity contribution is 0.401. The Morgan fingerprint density at radius 1 is 1.50 bits per heavy atom. The monoisotopic (exact) mass is 192 g/mol. The molecule has 1 fully saturated rings. The summed E-state index contributed by atoms with van der Waals surface area (Å²) < 4.78 is 5.17. The van der Waals surface area contributed by atoms with Crippen LogP contribution in [0.4, 0.5) is 0 Å². The standard InChI is InChI=1S/C11H16N2O/c1-11(4-3-5-13-11)9-6-10(14-2)8-12-7-9/h6-8,13H,3-5H2,1-2H3. The van der Waals surface area contributed by atoms with Crippen LogP contribution in [0, 0.1) is 0 Å². The second kappa shape index (κ2) is 3.58. The van der Waals surface area contributed by atoms with E-state index in [2.05, 4.69) is 23.3 Å². The molecule has 0 spiro atoms. The van der Waals surface area contributed by atoms with Crippen LogP contribution < -0.4 is 10.1 Å². The second-order valence-corrected chi connectivity index (χ2v) is 3.98. The summed E-state index contributed by atoms with van der Waals surface area (Å²) in [7, 11) is 1.67. The zero-order valence-electron chi connectivity index (χ0n) is 8.71. The minimum atomic E-state index is 0.0849. The first-order valence-electron chi connectivity index (χ1n) is 4.99. The molecule has 1 aromatic heterocycles. The lowest BCUT2D eigenvalue weighted by Crippen LogP contribution is -2.33. The molecule has 1 saturated heterocycles. The van der Waals surface area contributed by atoms with Gasteiger partial charge in [0.05, 0.1) is 13.3 Å². The Labute approximate surface area is 84.5 Å². The van der Waals surface area contributed by atoms with Crippen molar-refractivity contribution in [1.29, 1.82) is 0 Å². The highest BCUT2D eigenvalue weighted by Gasteiger charge is 2.30. The number of nitrogens with zero attached hydrogens (tertiary/aromatic N) is 1. The van der Waals surface area contributed by atoms with Gasteiger partial charge in [-0.1, -0.05) is 0 Å². The molecule has 1 atom stereocenters. The first-order valence-corrected chi connectivity index (χ1v) is 4.99. The van der Waals surface area contributed by atoms with Crippen LogP contribution in [0.25, 0.3) is 0 Å². The maximum Gasteiger partial charge on any atom is 0.137 e. The smallest absolute Gasteiger partial charge is 0.137 e. The molecule has 2 heterocycles. The van der Waals surface area contributed by atoms with E-state index in [1.165, 1.54) is 18.4 Å². The van der Waals surface area contributed by atoms with Crippen LogP contribution >= 0.6 is 0 Å². The zero-order chi connectivity index (χ0) is 10.0. The number of aromatic nitrogens is 1. The Morgan fingerprint density at radius 2 is 2.36 bits per heavy atom. The predicted molar refractivity (Wildman–Crippen MR) is 55.4 cm³/mol. The molecular weight excluding hydrogens is 176 g/mol. The molecule has 14 heavy (non-hydrogen) atoms. The quantitative estimate of drug-likeness (QED) is 0.774. The number of nitrogens with one attached hydrogen (secondary N) is 1. The van der Waals surface area contributed by atoms with Crippen molar-refractivity contribution < 1.29 is 4.74 Å². The predicted octanol–water partition coefficient (Wildman–Crippen LogP) is 1.69. The van der Waals surface area contributed by atoms with Gasteiger partial charge in [-0.05, 0) is 37.9 Å².